The van der Waals surface area contributed by atoms with E-state index < -0.39 is 0 Å². The number of likely N-dealkylation sites (tertiary alicyclic amines) is 1. The second-order valence-corrected chi connectivity index (χ2v) is 10.2. The highest BCUT2D eigenvalue weighted by Crippen LogP contribution is 2.43. The third-order valence-electron chi connectivity index (χ3n) is 6.93. The molecule has 7 heteroatoms. The van der Waals surface area contributed by atoms with E-state index in [9.17, 15) is 0 Å². The molecule has 2 aliphatic carbocycles. The lowest BCUT2D eigenvalue weighted by molar-refractivity contribution is -0.0376. The smallest absolute Gasteiger partial charge is 0.108 e. The predicted octanol–water partition coefficient (Wildman–Crippen LogP) is 3.67. The van der Waals surface area contributed by atoms with Crippen molar-refractivity contribution in [2.75, 3.05) is 26.8 Å². The molecule has 0 radical (unpaired) electrons. The fraction of sp³-hybridized carbons (Fsp3) is 0.727. The number of ether oxygens (including phenoxy) is 2. The number of fused-ring (bicyclic) bond motifs is 1. The largest absolute Gasteiger partial charge is 0.378 e. The Bertz CT molecular complexity index is 817. The molecule has 2 saturated carbocycles. The van der Waals surface area contributed by atoms with Crippen molar-refractivity contribution >= 4 is 11.3 Å². The third-order valence-corrected chi connectivity index (χ3v) is 7.94. The van der Waals surface area contributed by atoms with Crippen molar-refractivity contribution in [1.29, 1.82) is 0 Å². The Labute approximate surface area is 177 Å². The molecular formula is C22H32N4O2S. The van der Waals surface area contributed by atoms with Gasteiger partial charge in [0.05, 0.1) is 24.9 Å². The van der Waals surface area contributed by atoms with E-state index in [2.05, 4.69) is 44.5 Å². The topological polar surface area (TPSA) is 52.4 Å². The van der Waals surface area contributed by atoms with E-state index in [4.69, 9.17) is 9.47 Å². The van der Waals surface area contributed by atoms with Crippen molar-refractivity contribution in [2.24, 2.45) is 17.8 Å². The van der Waals surface area contributed by atoms with E-state index in [0.717, 1.165) is 49.4 Å². The number of methoxy groups -OCH3 is 1. The first-order valence-electron chi connectivity index (χ1n) is 11.0. The normalized spacial score (nSPS) is 30.0. The summed E-state index contributed by atoms with van der Waals surface area (Å²) in [5.41, 5.74) is 2.33. The molecular weight excluding hydrogens is 384 g/mol. The summed E-state index contributed by atoms with van der Waals surface area (Å²) in [6.45, 7) is 7.14. The summed E-state index contributed by atoms with van der Waals surface area (Å²) < 4.78 is 13.8. The van der Waals surface area contributed by atoms with Crippen LogP contribution in [-0.4, -0.2) is 52.8 Å². The second-order valence-electron chi connectivity index (χ2n) is 9.22. The zero-order chi connectivity index (χ0) is 19.8. The van der Waals surface area contributed by atoms with Crippen LogP contribution in [0.25, 0.3) is 0 Å². The van der Waals surface area contributed by atoms with E-state index in [1.807, 2.05) is 11.3 Å². The number of nitrogens with zero attached hydrogens (tertiary/aromatic N) is 4. The quantitative estimate of drug-likeness (QED) is 0.657. The maximum absolute atomic E-state index is 6.48. The molecule has 1 aliphatic heterocycles. The predicted molar refractivity (Wildman–Crippen MR) is 113 cm³/mol. The van der Waals surface area contributed by atoms with E-state index in [0.29, 0.717) is 6.61 Å². The SMILES string of the molecule is COCc1cn([C@@H]2C[C@@H]3CN(Cc4sccc4C)C[C@@H]3C[C@H]2OCC2CC2)nn1. The van der Waals surface area contributed by atoms with Crippen molar-refractivity contribution in [3.8, 4) is 0 Å². The van der Waals surface area contributed by atoms with Gasteiger partial charge in [0.15, 0.2) is 0 Å². The summed E-state index contributed by atoms with van der Waals surface area (Å²) in [5, 5.41) is 11.0. The lowest BCUT2D eigenvalue weighted by Gasteiger charge is -2.37. The fourth-order valence-electron chi connectivity index (χ4n) is 5.08. The van der Waals surface area contributed by atoms with Crippen LogP contribution in [0.5, 0.6) is 0 Å². The highest BCUT2D eigenvalue weighted by molar-refractivity contribution is 7.10. The van der Waals surface area contributed by atoms with Gasteiger partial charge in [-0.15, -0.1) is 16.4 Å². The Kier molecular flexibility index (Phi) is 5.74. The third kappa shape index (κ3) is 4.43. The molecule has 0 N–H and O–H groups in total. The van der Waals surface area contributed by atoms with Crippen LogP contribution in [0, 0.1) is 24.7 Å². The molecule has 0 unspecified atom stereocenters. The highest BCUT2D eigenvalue weighted by atomic mass is 32.1. The van der Waals surface area contributed by atoms with Crippen molar-refractivity contribution in [3.63, 3.8) is 0 Å². The van der Waals surface area contributed by atoms with Crippen LogP contribution < -0.4 is 0 Å². The summed E-state index contributed by atoms with van der Waals surface area (Å²) in [6.07, 6.45) is 7.25. The first kappa shape index (κ1) is 19.7. The van der Waals surface area contributed by atoms with Crippen molar-refractivity contribution in [3.05, 3.63) is 33.8 Å². The van der Waals surface area contributed by atoms with Crippen LogP contribution in [0.2, 0.25) is 0 Å². The van der Waals surface area contributed by atoms with Gasteiger partial charge in [-0.1, -0.05) is 5.21 Å². The minimum absolute atomic E-state index is 0.248. The fourth-order valence-corrected chi connectivity index (χ4v) is 6.02. The molecule has 0 bridgehead atoms. The maximum Gasteiger partial charge on any atom is 0.108 e. The Morgan fingerprint density at radius 1 is 1.21 bits per heavy atom. The molecule has 2 aromatic heterocycles. The first-order valence-corrected chi connectivity index (χ1v) is 11.8. The van der Waals surface area contributed by atoms with Gasteiger partial charge in [-0.2, -0.15) is 0 Å². The van der Waals surface area contributed by atoms with E-state index >= 15 is 0 Å². The summed E-state index contributed by atoms with van der Waals surface area (Å²) >= 11 is 1.89. The number of rotatable bonds is 8. The minimum atomic E-state index is 0.248. The summed E-state index contributed by atoms with van der Waals surface area (Å²) in [6, 6.07) is 2.53. The Hall–Kier alpha value is -1.28. The van der Waals surface area contributed by atoms with Crippen molar-refractivity contribution in [1.82, 2.24) is 19.9 Å². The molecule has 29 heavy (non-hydrogen) atoms. The first-order chi connectivity index (χ1) is 14.2. The lowest BCUT2D eigenvalue weighted by Crippen LogP contribution is -2.38. The van der Waals surface area contributed by atoms with E-state index in [1.54, 1.807) is 7.11 Å². The maximum atomic E-state index is 6.48. The van der Waals surface area contributed by atoms with Crippen LogP contribution in [-0.2, 0) is 22.6 Å². The monoisotopic (exact) mass is 416 g/mol. The summed E-state index contributed by atoms with van der Waals surface area (Å²) in [5.74, 6) is 2.24. The van der Waals surface area contributed by atoms with E-state index in [-0.39, 0.29) is 12.1 Å². The van der Waals surface area contributed by atoms with E-state index in [1.165, 1.54) is 36.4 Å². The molecule has 3 heterocycles. The van der Waals surface area contributed by atoms with Crippen molar-refractivity contribution in [2.45, 2.75) is 57.9 Å². The molecule has 158 valence electrons. The van der Waals surface area contributed by atoms with Crippen LogP contribution in [0.4, 0.5) is 0 Å². The lowest BCUT2D eigenvalue weighted by atomic mass is 9.77. The van der Waals surface area contributed by atoms with Gasteiger partial charge >= 0.3 is 0 Å². The minimum Gasteiger partial charge on any atom is -0.378 e. The second kappa shape index (κ2) is 8.46. The number of hydrogen-bond acceptors (Lipinski definition) is 6. The molecule has 0 amide bonds. The summed E-state index contributed by atoms with van der Waals surface area (Å²) in [7, 11) is 1.70. The number of aromatic nitrogens is 3. The molecule has 4 atom stereocenters. The molecule has 1 saturated heterocycles. The zero-order valence-corrected chi connectivity index (χ0v) is 18.3. The van der Waals surface area contributed by atoms with Gasteiger partial charge in [-0.25, -0.2) is 4.68 Å². The van der Waals surface area contributed by atoms with Gasteiger partial charge in [0.1, 0.15) is 5.69 Å². The number of hydrogen-bond donors (Lipinski definition) is 0. The standard InChI is InChI=1S/C22H32N4O2S/c1-15-5-6-29-22(15)12-25-9-17-7-20(26-11-19(14-27-2)23-24-26)21(8-18(17)10-25)28-13-16-3-4-16/h5-6,11,16-18,20-21H,3-4,7-10,12-14H2,1-2H3/t17-,18+,20-,21-/m1/s1. The molecule has 3 aliphatic rings. The molecule has 3 fully saturated rings. The number of aryl methyl sites for hydroxylation is 1. The molecule has 6 nitrogen and oxygen atoms in total. The number of thiophene rings is 1. The van der Waals surface area contributed by atoms with Gasteiger partial charge in [-0.05, 0) is 67.4 Å². The van der Waals surface area contributed by atoms with Gasteiger partial charge < -0.3 is 9.47 Å². The van der Waals surface area contributed by atoms with Crippen LogP contribution in [0.15, 0.2) is 17.6 Å². The van der Waals surface area contributed by atoms with Crippen molar-refractivity contribution < 1.29 is 9.47 Å². The van der Waals surface area contributed by atoms with Crippen LogP contribution >= 0.6 is 11.3 Å². The molecule has 0 spiro atoms. The Balaban J connectivity index is 1.29. The van der Waals surface area contributed by atoms with Gasteiger partial charge in [0, 0.05) is 38.2 Å². The molecule has 5 rings (SSSR count). The van der Waals surface area contributed by atoms with Gasteiger partial charge in [0.2, 0.25) is 0 Å². The zero-order valence-electron chi connectivity index (χ0n) is 17.5. The molecule has 2 aromatic rings. The van der Waals surface area contributed by atoms with Crippen LogP contribution in [0.3, 0.4) is 0 Å². The highest BCUT2D eigenvalue weighted by Gasteiger charge is 2.44. The average Bonchev–Trinajstić information content (AvgIpc) is 3.07. The Morgan fingerprint density at radius 3 is 2.76 bits per heavy atom. The summed E-state index contributed by atoms with van der Waals surface area (Å²) in [4.78, 5) is 4.17. The van der Waals surface area contributed by atoms with Gasteiger partial charge in [0.25, 0.3) is 0 Å². The van der Waals surface area contributed by atoms with Gasteiger partial charge in [-0.3, -0.25) is 4.90 Å². The average molecular weight is 417 g/mol. The Morgan fingerprint density at radius 2 is 2.03 bits per heavy atom. The van der Waals surface area contributed by atoms with Crippen LogP contribution in [0.1, 0.15) is 47.9 Å². The molecule has 0 aromatic carbocycles.